The van der Waals surface area contributed by atoms with Crippen LogP contribution in [0.4, 0.5) is 10.1 Å². The zero-order valence-corrected chi connectivity index (χ0v) is 18.9. The number of benzene rings is 1. The highest BCUT2D eigenvalue weighted by molar-refractivity contribution is 6.00. The van der Waals surface area contributed by atoms with E-state index in [1.807, 2.05) is 20.8 Å². The first-order chi connectivity index (χ1) is 15.1. The number of anilines is 1. The summed E-state index contributed by atoms with van der Waals surface area (Å²) in [6.45, 7) is 5.95. The molecule has 0 aliphatic heterocycles. The molecule has 7 nitrogen and oxygen atoms in total. The number of Topliss-reactive ketones (excluding diaryl/α,β-unsaturated/α-hetero) is 1. The summed E-state index contributed by atoms with van der Waals surface area (Å²) in [4.78, 5) is 24.9. The first-order valence-corrected chi connectivity index (χ1v) is 11.3. The van der Waals surface area contributed by atoms with Crippen LogP contribution in [0.5, 0.6) is 0 Å². The standard InChI is InChI=1S/C24H31FN4O3/c1-4-14-20-17(11-24(2,3)12-19(20)31)29(28-14)16-10-9-13(23(26)32)22(21(16)25)27-15-7-5-6-8-18(15)30/h9-10,15,18,27,30H,4-8,11-12H2,1-3H3,(H2,26,32)/t15-,18-/m0/s1. The van der Waals surface area contributed by atoms with Crippen LogP contribution in [0.25, 0.3) is 5.69 Å². The van der Waals surface area contributed by atoms with E-state index in [1.54, 1.807) is 0 Å². The zero-order valence-electron chi connectivity index (χ0n) is 18.9. The number of aliphatic hydroxyl groups is 1. The fraction of sp³-hybridized carbons (Fsp3) is 0.542. The van der Waals surface area contributed by atoms with Crippen LogP contribution < -0.4 is 11.1 Å². The molecule has 0 saturated heterocycles. The van der Waals surface area contributed by atoms with Crippen molar-refractivity contribution in [3.63, 3.8) is 0 Å². The van der Waals surface area contributed by atoms with Crippen LogP contribution in [0.1, 0.15) is 85.0 Å². The van der Waals surface area contributed by atoms with Gasteiger partial charge in [-0.2, -0.15) is 5.10 Å². The Labute approximate surface area is 187 Å². The van der Waals surface area contributed by atoms with Crippen LogP contribution in [0.2, 0.25) is 0 Å². The van der Waals surface area contributed by atoms with Crippen LogP contribution in [0.15, 0.2) is 12.1 Å². The number of carbonyl (C=O) groups excluding carboxylic acids is 2. The van der Waals surface area contributed by atoms with Gasteiger partial charge in [0.1, 0.15) is 5.69 Å². The van der Waals surface area contributed by atoms with Crippen LogP contribution in [-0.2, 0) is 12.8 Å². The van der Waals surface area contributed by atoms with E-state index in [4.69, 9.17) is 5.73 Å². The maximum atomic E-state index is 15.9. The minimum atomic E-state index is -0.753. The number of rotatable bonds is 5. The minimum absolute atomic E-state index is 0.0235. The average Bonchev–Trinajstić information content (AvgIpc) is 3.08. The number of fused-ring (bicyclic) bond motifs is 1. The molecule has 4 N–H and O–H groups in total. The second-order valence-electron chi connectivity index (χ2n) is 9.76. The quantitative estimate of drug-likeness (QED) is 0.656. The van der Waals surface area contributed by atoms with Crippen molar-refractivity contribution in [2.45, 2.75) is 77.9 Å². The van der Waals surface area contributed by atoms with Crippen LogP contribution in [-0.4, -0.2) is 38.7 Å². The number of nitrogens with one attached hydrogen (secondary N) is 1. The maximum Gasteiger partial charge on any atom is 0.250 e. The normalized spacial score (nSPS) is 22.5. The van der Waals surface area contributed by atoms with E-state index < -0.39 is 17.8 Å². The second kappa shape index (κ2) is 8.31. The Morgan fingerprint density at radius 1 is 1.31 bits per heavy atom. The van der Waals surface area contributed by atoms with Crippen molar-refractivity contribution in [1.82, 2.24) is 9.78 Å². The number of aliphatic hydroxyl groups excluding tert-OH is 1. The fourth-order valence-electron chi connectivity index (χ4n) is 5.01. The Morgan fingerprint density at radius 2 is 2.03 bits per heavy atom. The molecule has 32 heavy (non-hydrogen) atoms. The summed E-state index contributed by atoms with van der Waals surface area (Å²) in [5, 5.41) is 18.0. The minimum Gasteiger partial charge on any atom is -0.391 e. The Morgan fingerprint density at radius 3 is 2.69 bits per heavy atom. The lowest BCUT2D eigenvalue weighted by atomic mass is 9.75. The Bertz CT molecular complexity index is 1080. The van der Waals surface area contributed by atoms with Gasteiger partial charge >= 0.3 is 0 Å². The van der Waals surface area contributed by atoms with E-state index in [-0.39, 0.29) is 34.2 Å². The summed E-state index contributed by atoms with van der Waals surface area (Å²) < 4.78 is 17.4. The SMILES string of the molecule is CCc1nn(-c2ccc(C(N)=O)c(N[C@H]3CCCC[C@@H]3O)c2F)c2c1C(=O)CC(C)(C)C2. The van der Waals surface area contributed by atoms with Gasteiger partial charge in [0, 0.05) is 6.42 Å². The van der Waals surface area contributed by atoms with Gasteiger partial charge in [0.15, 0.2) is 11.6 Å². The molecular formula is C24H31FN4O3. The predicted octanol–water partition coefficient (Wildman–Crippen LogP) is 3.54. The molecular weight excluding hydrogens is 411 g/mol. The number of hydrogen-bond acceptors (Lipinski definition) is 5. The lowest BCUT2D eigenvalue weighted by Crippen LogP contribution is -2.37. The molecule has 0 bridgehead atoms. The molecule has 1 heterocycles. The third-order valence-corrected chi connectivity index (χ3v) is 6.63. The maximum absolute atomic E-state index is 15.9. The van der Waals surface area contributed by atoms with Gasteiger partial charge in [-0.15, -0.1) is 0 Å². The number of aryl methyl sites for hydroxylation is 1. The van der Waals surface area contributed by atoms with Gasteiger partial charge in [-0.25, -0.2) is 9.07 Å². The number of carbonyl (C=O) groups is 2. The molecule has 1 aromatic carbocycles. The molecule has 2 aliphatic carbocycles. The lowest BCUT2D eigenvalue weighted by Gasteiger charge is -2.31. The molecule has 0 unspecified atom stereocenters. The van der Waals surface area contributed by atoms with Crippen molar-refractivity contribution >= 4 is 17.4 Å². The van der Waals surface area contributed by atoms with Crippen molar-refractivity contribution in [2.24, 2.45) is 11.1 Å². The van der Waals surface area contributed by atoms with Crippen molar-refractivity contribution in [2.75, 3.05) is 5.32 Å². The third-order valence-electron chi connectivity index (χ3n) is 6.63. The highest BCUT2D eigenvalue weighted by atomic mass is 19.1. The monoisotopic (exact) mass is 442 g/mol. The number of aromatic nitrogens is 2. The van der Waals surface area contributed by atoms with Crippen LogP contribution >= 0.6 is 0 Å². The molecule has 0 radical (unpaired) electrons. The van der Waals surface area contributed by atoms with Crippen molar-refractivity contribution in [3.05, 3.63) is 40.5 Å². The lowest BCUT2D eigenvalue weighted by molar-refractivity contribution is 0.0909. The van der Waals surface area contributed by atoms with Crippen LogP contribution in [0.3, 0.4) is 0 Å². The molecule has 172 valence electrons. The Kier molecular flexibility index (Phi) is 5.83. The number of halogens is 1. The molecule has 4 rings (SSSR count). The number of hydrogen-bond donors (Lipinski definition) is 3. The van der Waals surface area contributed by atoms with E-state index >= 15 is 4.39 Å². The first kappa shape index (κ1) is 22.5. The summed E-state index contributed by atoms with van der Waals surface area (Å²) in [6.07, 6.45) is 4.05. The number of nitrogens with zero attached hydrogens (tertiary/aromatic N) is 2. The van der Waals surface area contributed by atoms with Gasteiger partial charge in [0.25, 0.3) is 5.91 Å². The topological polar surface area (TPSA) is 110 Å². The molecule has 2 aliphatic rings. The molecule has 1 aromatic heterocycles. The molecule has 1 saturated carbocycles. The summed E-state index contributed by atoms with van der Waals surface area (Å²) in [5.41, 5.74) is 7.35. The fourth-order valence-corrected chi connectivity index (χ4v) is 5.01. The van der Waals surface area contributed by atoms with E-state index in [1.165, 1.54) is 16.8 Å². The van der Waals surface area contributed by atoms with Gasteiger partial charge in [-0.05, 0) is 43.2 Å². The predicted molar refractivity (Wildman–Crippen MR) is 120 cm³/mol. The number of amides is 1. The largest absolute Gasteiger partial charge is 0.391 e. The number of ketones is 1. The summed E-state index contributed by atoms with van der Waals surface area (Å²) in [5.74, 6) is -1.39. The third kappa shape index (κ3) is 3.92. The Balaban J connectivity index is 1.85. The molecule has 0 spiro atoms. The molecule has 1 amide bonds. The number of primary amides is 1. The Hall–Kier alpha value is -2.74. The average molecular weight is 443 g/mol. The van der Waals surface area contributed by atoms with Crippen molar-refractivity contribution in [3.8, 4) is 5.69 Å². The second-order valence-corrected chi connectivity index (χ2v) is 9.76. The molecule has 2 atom stereocenters. The van der Waals surface area contributed by atoms with Crippen molar-refractivity contribution in [1.29, 1.82) is 0 Å². The molecule has 2 aromatic rings. The van der Waals surface area contributed by atoms with Gasteiger partial charge in [0.05, 0.1) is 40.3 Å². The van der Waals surface area contributed by atoms with E-state index in [9.17, 15) is 14.7 Å². The molecule has 1 fully saturated rings. The van der Waals surface area contributed by atoms with Gasteiger partial charge in [0.2, 0.25) is 0 Å². The van der Waals surface area contributed by atoms with Crippen LogP contribution in [0, 0.1) is 11.2 Å². The van der Waals surface area contributed by atoms with E-state index in [0.29, 0.717) is 49.1 Å². The van der Waals surface area contributed by atoms with Gasteiger partial charge in [-0.1, -0.05) is 33.6 Å². The summed E-state index contributed by atoms with van der Waals surface area (Å²) in [6, 6.07) is 2.59. The summed E-state index contributed by atoms with van der Waals surface area (Å²) >= 11 is 0. The van der Waals surface area contributed by atoms with Gasteiger partial charge < -0.3 is 16.2 Å². The molecule has 8 heteroatoms. The zero-order chi connectivity index (χ0) is 23.2. The highest BCUT2D eigenvalue weighted by Crippen LogP contribution is 2.38. The number of nitrogens with two attached hydrogens (primary N) is 1. The smallest absolute Gasteiger partial charge is 0.250 e. The first-order valence-electron chi connectivity index (χ1n) is 11.3. The van der Waals surface area contributed by atoms with Gasteiger partial charge in [-0.3, -0.25) is 9.59 Å². The van der Waals surface area contributed by atoms with E-state index in [2.05, 4.69) is 10.4 Å². The summed E-state index contributed by atoms with van der Waals surface area (Å²) in [7, 11) is 0. The highest BCUT2D eigenvalue weighted by Gasteiger charge is 2.37. The van der Waals surface area contributed by atoms with E-state index in [0.717, 1.165) is 12.8 Å². The van der Waals surface area contributed by atoms with Crippen molar-refractivity contribution < 1.29 is 19.1 Å².